The number of amides is 1. The molecule has 1 aliphatic rings. The summed E-state index contributed by atoms with van der Waals surface area (Å²) in [6.07, 6.45) is 1.78. The number of carbonyl (C=O) groups is 1. The van der Waals surface area contributed by atoms with Crippen molar-refractivity contribution < 1.29 is 4.79 Å². The van der Waals surface area contributed by atoms with Crippen molar-refractivity contribution in [3.05, 3.63) is 35.4 Å². The summed E-state index contributed by atoms with van der Waals surface area (Å²) in [5, 5.41) is 12.1. The molecular weight excluding hydrogens is 330 g/mol. The molecule has 0 spiro atoms. The number of nitriles is 1. The molecule has 1 amide bonds. The van der Waals surface area contributed by atoms with Crippen LogP contribution in [0.5, 0.6) is 0 Å². The lowest BCUT2D eigenvalue weighted by atomic mass is 10.1. The van der Waals surface area contributed by atoms with Crippen molar-refractivity contribution in [2.75, 3.05) is 13.1 Å². The summed E-state index contributed by atoms with van der Waals surface area (Å²) in [5.41, 5.74) is 1.70. The highest BCUT2D eigenvalue weighted by molar-refractivity contribution is 9.09. The molecule has 1 fully saturated rings. The Morgan fingerprint density at radius 3 is 2.71 bits per heavy atom. The van der Waals surface area contributed by atoms with E-state index in [-0.39, 0.29) is 11.9 Å². The van der Waals surface area contributed by atoms with Crippen LogP contribution in [0.2, 0.25) is 0 Å². The van der Waals surface area contributed by atoms with Crippen molar-refractivity contribution >= 4 is 21.8 Å². The molecule has 0 saturated carbocycles. The lowest BCUT2D eigenvalue weighted by molar-refractivity contribution is -0.133. The monoisotopic (exact) mass is 349 g/mol. The van der Waals surface area contributed by atoms with Crippen molar-refractivity contribution in [3.8, 4) is 6.07 Å². The number of rotatable bonds is 5. The van der Waals surface area contributed by atoms with Crippen LogP contribution < -0.4 is 5.32 Å². The number of nitrogens with zero attached hydrogens (tertiary/aromatic N) is 2. The second-order valence-electron chi connectivity index (χ2n) is 5.36. The average Bonchev–Trinajstić information content (AvgIpc) is 2.93. The van der Waals surface area contributed by atoms with E-state index < -0.39 is 0 Å². The summed E-state index contributed by atoms with van der Waals surface area (Å²) in [6, 6.07) is 9.46. The first kappa shape index (κ1) is 16.0. The predicted molar refractivity (Wildman–Crippen MR) is 86.0 cm³/mol. The van der Waals surface area contributed by atoms with Crippen LogP contribution in [0, 0.1) is 11.3 Å². The number of hydrogen-bond acceptors (Lipinski definition) is 3. The number of benzene rings is 1. The van der Waals surface area contributed by atoms with Gasteiger partial charge in [0.25, 0.3) is 0 Å². The van der Waals surface area contributed by atoms with Crippen LogP contribution >= 0.6 is 15.9 Å². The van der Waals surface area contributed by atoms with E-state index in [1.165, 1.54) is 0 Å². The SMILES string of the molecule is CCCN(Cc1ccc(C#N)cc1)C(=O)C1CC(Br)CN1. The van der Waals surface area contributed by atoms with Gasteiger partial charge < -0.3 is 10.2 Å². The first-order valence-electron chi connectivity index (χ1n) is 7.29. The van der Waals surface area contributed by atoms with Gasteiger partial charge in [-0.15, -0.1) is 0 Å². The molecule has 0 aliphatic carbocycles. The molecule has 1 N–H and O–H groups in total. The van der Waals surface area contributed by atoms with E-state index in [0.717, 1.165) is 31.5 Å². The largest absolute Gasteiger partial charge is 0.337 e. The topological polar surface area (TPSA) is 56.1 Å². The second kappa shape index (κ2) is 7.58. The van der Waals surface area contributed by atoms with Crippen molar-refractivity contribution in [3.63, 3.8) is 0 Å². The van der Waals surface area contributed by atoms with Gasteiger partial charge in [0.15, 0.2) is 0 Å². The Hall–Kier alpha value is -1.38. The van der Waals surface area contributed by atoms with Crippen LogP contribution in [0.4, 0.5) is 0 Å². The van der Waals surface area contributed by atoms with Gasteiger partial charge in [0.05, 0.1) is 17.7 Å². The Morgan fingerprint density at radius 1 is 1.48 bits per heavy atom. The maximum absolute atomic E-state index is 12.6. The van der Waals surface area contributed by atoms with Crippen molar-refractivity contribution in [1.29, 1.82) is 5.26 Å². The van der Waals surface area contributed by atoms with E-state index in [2.05, 4.69) is 34.2 Å². The second-order valence-corrected chi connectivity index (χ2v) is 6.66. The predicted octanol–water partition coefficient (Wildman–Crippen LogP) is 2.42. The fourth-order valence-corrected chi connectivity index (χ4v) is 3.10. The van der Waals surface area contributed by atoms with E-state index in [9.17, 15) is 4.79 Å². The molecule has 0 bridgehead atoms. The van der Waals surface area contributed by atoms with Crippen molar-refractivity contribution in [2.45, 2.75) is 37.2 Å². The summed E-state index contributed by atoms with van der Waals surface area (Å²) < 4.78 is 0. The molecule has 2 atom stereocenters. The molecule has 0 radical (unpaired) electrons. The molecule has 4 nitrogen and oxygen atoms in total. The van der Waals surface area contributed by atoms with Gasteiger partial charge in [-0.2, -0.15) is 5.26 Å². The van der Waals surface area contributed by atoms with E-state index in [1.807, 2.05) is 17.0 Å². The van der Waals surface area contributed by atoms with Crippen molar-refractivity contribution in [2.24, 2.45) is 0 Å². The zero-order valence-electron chi connectivity index (χ0n) is 12.2. The highest BCUT2D eigenvalue weighted by atomic mass is 79.9. The zero-order valence-corrected chi connectivity index (χ0v) is 13.8. The van der Waals surface area contributed by atoms with Gasteiger partial charge in [-0.25, -0.2) is 0 Å². The number of nitrogens with one attached hydrogen (secondary N) is 1. The molecule has 5 heteroatoms. The molecule has 21 heavy (non-hydrogen) atoms. The van der Waals surface area contributed by atoms with Gasteiger partial charge in [-0.3, -0.25) is 4.79 Å². The molecule has 1 saturated heterocycles. The fraction of sp³-hybridized carbons (Fsp3) is 0.500. The maximum atomic E-state index is 12.6. The van der Waals surface area contributed by atoms with Gasteiger partial charge in [0.1, 0.15) is 0 Å². The Bertz CT molecular complexity index is 523. The standard InChI is InChI=1S/C16H20BrN3O/c1-2-7-20(16(21)15-8-14(17)10-19-15)11-13-5-3-12(9-18)4-6-13/h3-6,14-15,19H,2,7-8,10-11H2,1H3. The zero-order chi connectivity index (χ0) is 15.2. The Kier molecular flexibility index (Phi) is 5.77. The van der Waals surface area contributed by atoms with Crippen LogP contribution in [0.3, 0.4) is 0 Å². The van der Waals surface area contributed by atoms with Gasteiger partial charge in [0.2, 0.25) is 5.91 Å². The van der Waals surface area contributed by atoms with Crippen LogP contribution in [0.25, 0.3) is 0 Å². The molecule has 0 aromatic heterocycles. The first-order valence-corrected chi connectivity index (χ1v) is 8.21. The molecule has 112 valence electrons. The minimum absolute atomic E-state index is 0.0840. The maximum Gasteiger partial charge on any atom is 0.240 e. The lowest BCUT2D eigenvalue weighted by Crippen LogP contribution is -2.43. The molecule has 1 heterocycles. The number of alkyl halides is 1. The minimum atomic E-state index is -0.0840. The van der Waals surface area contributed by atoms with Crippen LogP contribution in [-0.2, 0) is 11.3 Å². The number of halogens is 1. The summed E-state index contributed by atoms with van der Waals surface area (Å²) in [7, 11) is 0. The third-order valence-corrected chi connectivity index (χ3v) is 4.33. The average molecular weight is 350 g/mol. The highest BCUT2D eigenvalue weighted by Crippen LogP contribution is 2.18. The molecular formula is C16H20BrN3O. The van der Waals surface area contributed by atoms with Gasteiger partial charge in [-0.1, -0.05) is 35.0 Å². The number of hydrogen-bond donors (Lipinski definition) is 1. The molecule has 1 aromatic rings. The van der Waals surface area contributed by atoms with Gasteiger partial charge in [-0.05, 0) is 30.5 Å². The number of carbonyl (C=O) groups excluding carboxylic acids is 1. The fourth-order valence-electron chi connectivity index (χ4n) is 2.54. The quantitative estimate of drug-likeness (QED) is 0.830. The normalized spacial score (nSPS) is 21.0. The van der Waals surface area contributed by atoms with E-state index in [4.69, 9.17) is 5.26 Å². The van der Waals surface area contributed by atoms with E-state index in [0.29, 0.717) is 16.9 Å². The molecule has 2 rings (SSSR count). The van der Waals surface area contributed by atoms with E-state index in [1.54, 1.807) is 12.1 Å². The Labute approximate surface area is 134 Å². The van der Waals surface area contributed by atoms with Crippen LogP contribution in [-0.4, -0.2) is 34.8 Å². The minimum Gasteiger partial charge on any atom is -0.337 e. The van der Waals surface area contributed by atoms with Gasteiger partial charge >= 0.3 is 0 Å². The van der Waals surface area contributed by atoms with Crippen molar-refractivity contribution in [1.82, 2.24) is 10.2 Å². The van der Waals surface area contributed by atoms with Gasteiger partial charge in [0, 0.05) is 24.5 Å². The smallest absolute Gasteiger partial charge is 0.240 e. The Morgan fingerprint density at radius 2 is 2.19 bits per heavy atom. The third-order valence-electron chi connectivity index (χ3n) is 3.64. The van der Waals surface area contributed by atoms with Crippen LogP contribution in [0.15, 0.2) is 24.3 Å². The summed E-state index contributed by atoms with van der Waals surface area (Å²) >= 11 is 3.55. The third kappa shape index (κ3) is 4.29. The van der Waals surface area contributed by atoms with Crippen LogP contribution in [0.1, 0.15) is 30.9 Å². The molecule has 2 unspecified atom stereocenters. The molecule has 1 aliphatic heterocycles. The lowest BCUT2D eigenvalue weighted by Gasteiger charge is -2.25. The molecule has 1 aromatic carbocycles. The Balaban J connectivity index is 2.04. The first-order chi connectivity index (χ1) is 10.1. The van der Waals surface area contributed by atoms with E-state index >= 15 is 0 Å². The summed E-state index contributed by atoms with van der Waals surface area (Å²) in [4.78, 5) is 14.9. The summed E-state index contributed by atoms with van der Waals surface area (Å²) in [5.74, 6) is 0.170. The summed E-state index contributed by atoms with van der Waals surface area (Å²) in [6.45, 7) is 4.27. The highest BCUT2D eigenvalue weighted by Gasteiger charge is 2.30.